The Labute approximate surface area is 105 Å². The summed E-state index contributed by atoms with van der Waals surface area (Å²) in [5.41, 5.74) is 6.76. The molecule has 0 saturated carbocycles. The summed E-state index contributed by atoms with van der Waals surface area (Å²) in [6.07, 6.45) is 1.65. The zero-order valence-electron chi connectivity index (χ0n) is 9.37. The van der Waals surface area contributed by atoms with Gasteiger partial charge in [0.1, 0.15) is 0 Å². The molecule has 1 unspecified atom stereocenters. The van der Waals surface area contributed by atoms with E-state index in [0.717, 1.165) is 22.9 Å². The van der Waals surface area contributed by atoms with Crippen LogP contribution < -0.4 is 11.1 Å². The van der Waals surface area contributed by atoms with Crippen molar-refractivity contribution in [3.63, 3.8) is 0 Å². The van der Waals surface area contributed by atoms with Crippen LogP contribution in [0, 0.1) is 0 Å². The number of nitrogens with one attached hydrogen (secondary N) is 1. The first kappa shape index (κ1) is 13.2. The third-order valence-corrected chi connectivity index (χ3v) is 2.79. The standard InChI is InChI=1S/C12H17BrN2O/c1-2-4-11(14)12(16)15-8-9-5-3-6-10(13)7-9/h3,5-7,11H,2,4,8,14H2,1H3,(H,15,16). The molecule has 0 fully saturated rings. The van der Waals surface area contributed by atoms with E-state index in [1.165, 1.54) is 0 Å². The average molecular weight is 285 g/mol. The molecule has 1 aromatic carbocycles. The molecule has 3 N–H and O–H groups in total. The Morgan fingerprint density at radius 2 is 2.31 bits per heavy atom. The molecule has 3 nitrogen and oxygen atoms in total. The Balaban J connectivity index is 2.42. The number of nitrogens with two attached hydrogens (primary N) is 1. The zero-order chi connectivity index (χ0) is 12.0. The highest BCUT2D eigenvalue weighted by atomic mass is 79.9. The van der Waals surface area contributed by atoms with E-state index in [0.29, 0.717) is 6.54 Å². The molecule has 0 spiro atoms. The molecule has 1 amide bonds. The summed E-state index contributed by atoms with van der Waals surface area (Å²) in [6, 6.07) is 7.45. The van der Waals surface area contributed by atoms with Crippen molar-refractivity contribution in [3.8, 4) is 0 Å². The van der Waals surface area contributed by atoms with E-state index < -0.39 is 6.04 Å². The van der Waals surface area contributed by atoms with Crippen molar-refractivity contribution in [2.45, 2.75) is 32.4 Å². The van der Waals surface area contributed by atoms with Crippen LogP contribution in [0.4, 0.5) is 0 Å². The van der Waals surface area contributed by atoms with Gasteiger partial charge in [0, 0.05) is 11.0 Å². The number of hydrogen-bond donors (Lipinski definition) is 2. The monoisotopic (exact) mass is 284 g/mol. The van der Waals surface area contributed by atoms with E-state index in [9.17, 15) is 4.79 Å². The van der Waals surface area contributed by atoms with Crippen LogP contribution in [0.1, 0.15) is 25.3 Å². The molecule has 0 radical (unpaired) electrons. The van der Waals surface area contributed by atoms with Gasteiger partial charge in [-0.2, -0.15) is 0 Å². The Bertz CT molecular complexity index is 355. The van der Waals surface area contributed by atoms with Crippen LogP contribution in [0.15, 0.2) is 28.7 Å². The Morgan fingerprint density at radius 3 is 2.94 bits per heavy atom. The lowest BCUT2D eigenvalue weighted by Crippen LogP contribution is -2.40. The third kappa shape index (κ3) is 4.33. The second kappa shape index (κ2) is 6.66. The number of carbonyl (C=O) groups excluding carboxylic acids is 1. The van der Waals surface area contributed by atoms with Gasteiger partial charge in [0.2, 0.25) is 5.91 Å². The smallest absolute Gasteiger partial charge is 0.237 e. The maximum atomic E-state index is 11.5. The van der Waals surface area contributed by atoms with Crippen LogP contribution in [0.5, 0.6) is 0 Å². The Morgan fingerprint density at radius 1 is 1.56 bits per heavy atom. The molecule has 0 aliphatic carbocycles. The highest BCUT2D eigenvalue weighted by Crippen LogP contribution is 2.11. The molecule has 1 aromatic rings. The minimum atomic E-state index is -0.392. The molecule has 0 heterocycles. The third-order valence-electron chi connectivity index (χ3n) is 2.29. The summed E-state index contributed by atoms with van der Waals surface area (Å²) in [5.74, 6) is -0.0816. The number of carbonyl (C=O) groups is 1. The van der Waals surface area contributed by atoms with Crippen molar-refractivity contribution < 1.29 is 4.79 Å². The first-order valence-electron chi connectivity index (χ1n) is 5.41. The quantitative estimate of drug-likeness (QED) is 0.871. The molecule has 0 aliphatic rings. The van der Waals surface area contributed by atoms with Gasteiger partial charge in [-0.25, -0.2) is 0 Å². The largest absolute Gasteiger partial charge is 0.351 e. The summed E-state index contributed by atoms with van der Waals surface area (Å²) in [5, 5.41) is 2.83. The molecule has 0 aromatic heterocycles. The predicted octanol–water partition coefficient (Wildman–Crippen LogP) is 2.19. The average Bonchev–Trinajstić information content (AvgIpc) is 2.26. The fourth-order valence-corrected chi connectivity index (χ4v) is 1.86. The Kier molecular flexibility index (Phi) is 5.49. The second-order valence-electron chi connectivity index (χ2n) is 3.74. The number of hydrogen-bond acceptors (Lipinski definition) is 2. The number of halogens is 1. The normalized spacial score (nSPS) is 12.2. The van der Waals surface area contributed by atoms with Crippen molar-refractivity contribution >= 4 is 21.8 Å². The SMILES string of the molecule is CCCC(N)C(=O)NCc1cccc(Br)c1. The molecule has 4 heteroatoms. The van der Waals surface area contributed by atoms with Gasteiger partial charge in [-0.05, 0) is 24.1 Å². The molecule has 0 saturated heterocycles. The maximum Gasteiger partial charge on any atom is 0.237 e. The van der Waals surface area contributed by atoms with Crippen molar-refractivity contribution in [2.75, 3.05) is 0 Å². The fourth-order valence-electron chi connectivity index (χ4n) is 1.41. The maximum absolute atomic E-state index is 11.5. The summed E-state index contributed by atoms with van der Waals surface area (Å²) >= 11 is 3.39. The van der Waals surface area contributed by atoms with Gasteiger partial charge in [0.15, 0.2) is 0 Å². The topological polar surface area (TPSA) is 55.1 Å². The fraction of sp³-hybridized carbons (Fsp3) is 0.417. The molecule has 1 rings (SSSR count). The summed E-state index contributed by atoms with van der Waals surface area (Å²) < 4.78 is 1.01. The van der Waals surface area contributed by atoms with E-state index in [1.807, 2.05) is 31.2 Å². The highest BCUT2D eigenvalue weighted by molar-refractivity contribution is 9.10. The van der Waals surface area contributed by atoms with Gasteiger partial charge in [0.05, 0.1) is 6.04 Å². The van der Waals surface area contributed by atoms with Crippen LogP contribution in [-0.2, 0) is 11.3 Å². The van der Waals surface area contributed by atoms with Crippen molar-refractivity contribution in [1.29, 1.82) is 0 Å². The summed E-state index contributed by atoms with van der Waals surface area (Å²) in [7, 11) is 0. The van der Waals surface area contributed by atoms with Gasteiger partial charge >= 0.3 is 0 Å². The second-order valence-corrected chi connectivity index (χ2v) is 4.66. The van der Waals surface area contributed by atoms with Crippen LogP contribution in [0.3, 0.4) is 0 Å². The molecule has 0 bridgehead atoms. The van der Waals surface area contributed by atoms with Crippen LogP contribution in [-0.4, -0.2) is 11.9 Å². The molecule has 1 atom stereocenters. The first-order chi connectivity index (χ1) is 7.63. The van der Waals surface area contributed by atoms with E-state index in [-0.39, 0.29) is 5.91 Å². The predicted molar refractivity (Wildman–Crippen MR) is 68.9 cm³/mol. The molecular formula is C12H17BrN2O. The van der Waals surface area contributed by atoms with Gasteiger partial charge in [0.25, 0.3) is 0 Å². The number of benzene rings is 1. The lowest BCUT2D eigenvalue weighted by molar-refractivity contribution is -0.122. The minimum Gasteiger partial charge on any atom is -0.351 e. The molecule has 88 valence electrons. The van der Waals surface area contributed by atoms with Gasteiger partial charge in [-0.3, -0.25) is 4.79 Å². The van der Waals surface area contributed by atoms with Crippen molar-refractivity contribution in [1.82, 2.24) is 5.32 Å². The molecular weight excluding hydrogens is 268 g/mol. The number of rotatable bonds is 5. The van der Waals surface area contributed by atoms with E-state index in [1.54, 1.807) is 0 Å². The summed E-state index contributed by atoms with van der Waals surface area (Å²) in [6.45, 7) is 2.54. The zero-order valence-corrected chi connectivity index (χ0v) is 11.0. The highest BCUT2D eigenvalue weighted by Gasteiger charge is 2.11. The lowest BCUT2D eigenvalue weighted by Gasteiger charge is -2.11. The van der Waals surface area contributed by atoms with Gasteiger partial charge in [-0.1, -0.05) is 41.4 Å². The van der Waals surface area contributed by atoms with Gasteiger partial charge in [-0.15, -0.1) is 0 Å². The molecule has 16 heavy (non-hydrogen) atoms. The lowest BCUT2D eigenvalue weighted by atomic mass is 10.1. The molecule has 0 aliphatic heterocycles. The minimum absolute atomic E-state index is 0.0816. The first-order valence-corrected chi connectivity index (χ1v) is 6.20. The van der Waals surface area contributed by atoms with E-state index >= 15 is 0 Å². The Hall–Kier alpha value is -0.870. The number of amides is 1. The van der Waals surface area contributed by atoms with Crippen LogP contribution in [0.25, 0.3) is 0 Å². The van der Waals surface area contributed by atoms with Crippen LogP contribution in [0.2, 0.25) is 0 Å². The summed E-state index contributed by atoms with van der Waals surface area (Å²) in [4.78, 5) is 11.5. The van der Waals surface area contributed by atoms with Gasteiger partial charge < -0.3 is 11.1 Å². The van der Waals surface area contributed by atoms with E-state index in [4.69, 9.17) is 5.73 Å². The van der Waals surface area contributed by atoms with Crippen LogP contribution >= 0.6 is 15.9 Å². The van der Waals surface area contributed by atoms with Crippen molar-refractivity contribution in [3.05, 3.63) is 34.3 Å². The van der Waals surface area contributed by atoms with Crippen molar-refractivity contribution in [2.24, 2.45) is 5.73 Å². The van der Waals surface area contributed by atoms with E-state index in [2.05, 4.69) is 21.2 Å².